The highest BCUT2D eigenvalue weighted by Gasteiger charge is 2.27. The van der Waals surface area contributed by atoms with E-state index >= 15 is 0 Å². The van der Waals surface area contributed by atoms with Crippen molar-refractivity contribution in [2.45, 2.75) is 0 Å². The van der Waals surface area contributed by atoms with Crippen molar-refractivity contribution in [3.63, 3.8) is 0 Å². The first-order valence-electron chi connectivity index (χ1n) is 5.55. The van der Waals surface area contributed by atoms with Crippen molar-refractivity contribution in [1.29, 1.82) is 0 Å². The number of anilines is 2. The summed E-state index contributed by atoms with van der Waals surface area (Å²) < 4.78 is 5.16. The molecule has 1 aliphatic heterocycles. The zero-order valence-electron chi connectivity index (χ0n) is 9.94. The predicted molar refractivity (Wildman–Crippen MR) is 67.2 cm³/mol. The second kappa shape index (κ2) is 5.06. The van der Waals surface area contributed by atoms with Crippen LogP contribution in [-0.2, 0) is 4.74 Å². The molecule has 9 nitrogen and oxygen atoms in total. The van der Waals surface area contributed by atoms with Crippen molar-refractivity contribution in [3.05, 3.63) is 32.4 Å². The van der Waals surface area contributed by atoms with E-state index in [-0.39, 0.29) is 17.1 Å². The van der Waals surface area contributed by atoms with E-state index in [0.717, 1.165) is 6.07 Å². The number of nitrogens with two attached hydrogens (primary N) is 1. The van der Waals surface area contributed by atoms with E-state index in [4.69, 9.17) is 10.5 Å². The summed E-state index contributed by atoms with van der Waals surface area (Å²) >= 11 is 0. The number of nitrogens with zero attached hydrogens (tertiary/aromatic N) is 3. The first kappa shape index (κ1) is 13.0. The quantitative estimate of drug-likeness (QED) is 0.490. The number of morpholine rings is 1. The van der Waals surface area contributed by atoms with Crippen molar-refractivity contribution in [1.82, 2.24) is 0 Å². The highest BCUT2D eigenvalue weighted by Crippen LogP contribution is 2.36. The van der Waals surface area contributed by atoms with Gasteiger partial charge in [0.2, 0.25) is 0 Å². The Morgan fingerprint density at radius 3 is 2.21 bits per heavy atom. The van der Waals surface area contributed by atoms with Crippen LogP contribution in [0.3, 0.4) is 0 Å². The fourth-order valence-corrected chi connectivity index (χ4v) is 1.94. The van der Waals surface area contributed by atoms with Crippen molar-refractivity contribution in [3.8, 4) is 0 Å². The Morgan fingerprint density at radius 1 is 1.11 bits per heavy atom. The number of hydrogen-bond donors (Lipinski definition) is 1. The minimum absolute atomic E-state index is 0.0860. The second-order valence-electron chi connectivity index (χ2n) is 4.01. The van der Waals surface area contributed by atoms with Crippen LogP contribution in [-0.4, -0.2) is 36.1 Å². The van der Waals surface area contributed by atoms with Gasteiger partial charge in [-0.3, -0.25) is 20.2 Å². The molecule has 1 aromatic carbocycles. The van der Waals surface area contributed by atoms with E-state index in [1.807, 2.05) is 0 Å². The summed E-state index contributed by atoms with van der Waals surface area (Å²) in [5, 5.41) is 21.8. The molecule has 2 N–H and O–H groups in total. The van der Waals surface area contributed by atoms with Crippen LogP contribution in [0.25, 0.3) is 0 Å². The number of ether oxygens (including phenoxy) is 1. The highest BCUT2D eigenvalue weighted by atomic mass is 16.6. The molecular weight excluding hydrogens is 256 g/mol. The van der Waals surface area contributed by atoms with E-state index < -0.39 is 15.5 Å². The lowest BCUT2D eigenvalue weighted by Crippen LogP contribution is -2.36. The van der Waals surface area contributed by atoms with Crippen LogP contribution in [0.2, 0.25) is 0 Å². The summed E-state index contributed by atoms with van der Waals surface area (Å²) in [6.07, 6.45) is 0. The molecule has 0 unspecified atom stereocenters. The SMILES string of the molecule is Nc1cc(N2CCOCC2)c([N+](=O)[O-])cc1[N+](=O)[O-]. The topological polar surface area (TPSA) is 125 Å². The van der Waals surface area contributed by atoms with Gasteiger partial charge in [0.05, 0.1) is 29.1 Å². The van der Waals surface area contributed by atoms with Gasteiger partial charge in [0, 0.05) is 13.1 Å². The molecule has 1 aliphatic rings. The Hall–Kier alpha value is -2.42. The maximum atomic E-state index is 11.0. The fraction of sp³-hybridized carbons (Fsp3) is 0.400. The maximum Gasteiger partial charge on any atom is 0.299 e. The molecule has 0 spiro atoms. The summed E-state index contributed by atoms with van der Waals surface area (Å²) in [6, 6.07) is 2.18. The lowest BCUT2D eigenvalue weighted by Gasteiger charge is -2.28. The van der Waals surface area contributed by atoms with Gasteiger partial charge in [-0.25, -0.2) is 0 Å². The second-order valence-corrected chi connectivity index (χ2v) is 4.01. The molecule has 0 aromatic heterocycles. The first-order valence-corrected chi connectivity index (χ1v) is 5.55. The normalized spacial score (nSPS) is 15.3. The third-order valence-corrected chi connectivity index (χ3v) is 2.87. The lowest BCUT2D eigenvalue weighted by atomic mass is 10.2. The van der Waals surface area contributed by atoms with Crippen molar-refractivity contribution < 1.29 is 14.6 Å². The maximum absolute atomic E-state index is 11.0. The molecule has 2 rings (SSSR count). The summed E-state index contributed by atoms with van der Waals surface area (Å²) in [7, 11) is 0. The first-order chi connectivity index (χ1) is 9.00. The number of nitro benzene ring substituents is 2. The van der Waals surface area contributed by atoms with Crippen LogP contribution in [0.5, 0.6) is 0 Å². The van der Waals surface area contributed by atoms with Gasteiger partial charge in [-0.15, -0.1) is 0 Å². The van der Waals surface area contributed by atoms with Crippen LogP contribution >= 0.6 is 0 Å². The number of nitrogen functional groups attached to an aromatic ring is 1. The Kier molecular flexibility index (Phi) is 3.47. The smallest absolute Gasteiger partial charge is 0.299 e. The molecule has 1 aromatic rings. The average Bonchev–Trinajstić information content (AvgIpc) is 2.38. The van der Waals surface area contributed by atoms with Crippen molar-refractivity contribution >= 4 is 22.7 Å². The lowest BCUT2D eigenvalue weighted by molar-refractivity contribution is -0.393. The molecule has 0 saturated carbocycles. The minimum Gasteiger partial charge on any atom is -0.393 e. The Labute approximate surface area is 107 Å². The van der Waals surface area contributed by atoms with E-state index in [0.29, 0.717) is 26.3 Å². The fourth-order valence-electron chi connectivity index (χ4n) is 1.94. The van der Waals surface area contributed by atoms with Gasteiger partial charge in [-0.2, -0.15) is 0 Å². The van der Waals surface area contributed by atoms with Crippen LogP contribution < -0.4 is 10.6 Å². The number of benzene rings is 1. The molecule has 0 radical (unpaired) electrons. The monoisotopic (exact) mass is 268 g/mol. The van der Waals surface area contributed by atoms with Crippen LogP contribution in [0.4, 0.5) is 22.7 Å². The molecule has 0 aliphatic carbocycles. The van der Waals surface area contributed by atoms with E-state index in [9.17, 15) is 20.2 Å². The Balaban J connectivity index is 2.49. The molecule has 0 bridgehead atoms. The zero-order chi connectivity index (χ0) is 14.0. The number of rotatable bonds is 3. The van der Waals surface area contributed by atoms with E-state index in [1.54, 1.807) is 4.90 Å². The summed E-state index contributed by atoms with van der Waals surface area (Å²) in [5.41, 5.74) is 5.01. The zero-order valence-corrected chi connectivity index (χ0v) is 9.94. The van der Waals surface area contributed by atoms with Gasteiger partial charge in [0.1, 0.15) is 11.4 Å². The van der Waals surface area contributed by atoms with Crippen molar-refractivity contribution in [2.24, 2.45) is 0 Å². The molecular formula is C10H12N4O5. The van der Waals surface area contributed by atoms with Crippen LogP contribution in [0.1, 0.15) is 0 Å². The largest absolute Gasteiger partial charge is 0.393 e. The third-order valence-electron chi connectivity index (χ3n) is 2.87. The Morgan fingerprint density at radius 2 is 1.68 bits per heavy atom. The number of hydrogen-bond acceptors (Lipinski definition) is 7. The third kappa shape index (κ3) is 2.55. The molecule has 1 heterocycles. The summed E-state index contributed by atoms with van der Waals surface area (Å²) in [5.74, 6) is 0. The van der Waals surface area contributed by atoms with Gasteiger partial charge in [-0.1, -0.05) is 0 Å². The molecule has 0 amide bonds. The highest BCUT2D eigenvalue weighted by molar-refractivity contribution is 5.76. The minimum atomic E-state index is -0.731. The van der Waals surface area contributed by atoms with Gasteiger partial charge < -0.3 is 15.4 Å². The molecule has 9 heteroatoms. The van der Waals surface area contributed by atoms with Gasteiger partial charge in [0.15, 0.2) is 0 Å². The van der Waals surface area contributed by atoms with Gasteiger partial charge in [0.25, 0.3) is 11.4 Å². The van der Waals surface area contributed by atoms with Crippen molar-refractivity contribution in [2.75, 3.05) is 36.9 Å². The molecule has 19 heavy (non-hydrogen) atoms. The van der Waals surface area contributed by atoms with Crippen LogP contribution in [0.15, 0.2) is 12.1 Å². The molecule has 102 valence electrons. The van der Waals surface area contributed by atoms with Gasteiger partial charge >= 0.3 is 0 Å². The molecule has 1 fully saturated rings. The molecule has 1 saturated heterocycles. The predicted octanol–water partition coefficient (Wildman–Crippen LogP) is 0.922. The van der Waals surface area contributed by atoms with E-state index in [1.165, 1.54) is 6.07 Å². The molecule has 0 atom stereocenters. The van der Waals surface area contributed by atoms with Gasteiger partial charge in [-0.05, 0) is 6.07 Å². The average molecular weight is 268 g/mol. The summed E-state index contributed by atoms with van der Waals surface area (Å²) in [4.78, 5) is 22.2. The standard InChI is InChI=1S/C10H12N4O5/c11-7-5-9(12-1-3-19-4-2-12)10(14(17)18)6-8(7)13(15)16/h5-6H,1-4,11H2. The Bertz CT molecular complexity index is 527. The summed E-state index contributed by atoms with van der Waals surface area (Å²) in [6.45, 7) is 1.87. The van der Waals surface area contributed by atoms with E-state index in [2.05, 4.69) is 0 Å². The van der Waals surface area contributed by atoms with Crippen LogP contribution in [0, 0.1) is 20.2 Å². The number of nitro groups is 2.